The minimum atomic E-state index is 0.102. The molecule has 3 heterocycles. The van der Waals surface area contributed by atoms with Gasteiger partial charge in [0.05, 0.1) is 5.56 Å². The molecule has 24 heavy (non-hydrogen) atoms. The molecule has 5 nitrogen and oxygen atoms in total. The Bertz CT molecular complexity index is 674. The van der Waals surface area contributed by atoms with Gasteiger partial charge in [-0.2, -0.15) is 0 Å². The fraction of sp³-hybridized carbons (Fsp3) is 0.421. The first-order valence-electron chi connectivity index (χ1n) is 8.62. The smallest absolute Gasteiger partial charge is 0.255 e. The molecule has 1 aliphatic rings. The summed E-state index contributed by atoms with van der Waals surface area (Å²) in [5.74, 6) is 0.990. The molecule has 0 spiro atoms. The Labute approximate surface area is 143 Å². The molecule has 126 valence electrons. The van der Waals surface area contributed by atoms with Crippen molar-refractivity contribution < 1.29 is 4.79 Å². The lowest BCUT2D eigenvalue weighted by molar-refractivity contribution is 0.0601. The van der Waals surface area contributed by atoms with Crippen LogP contribution in [0.5, 0.6) is 0 Å². The molecule has 0 bridgehead atoms. The van der Waals surface area contributed by atoms with E-state index in [-0.39, 0.29) is 11.9 Å². The topological polar surface area (TPSA) is 58.1 Å². The van der Waals surface area contributed by atoms with Gasteiger partial charge in [-0.25, -0.2) is 4.98 Å². The number of aromatic nitrogens is 2. The van der Waals surface area contributed by atoms with Crippen LogP contribution in [-0.4, -0.2) is 40.4 Å². The fourth-order valence-corrected chi connectivity index (χ4v) is 3.30. The molecule has 0 unspecified atom stereocenters. The van der Waals surface area contributed by atoms with E-state index < -0.39 is 0 Å². The van der Waals surface area contributed by atoms with Gasteiger partial charge in [0.1, 0.15) is 5.82 Å². The van der Waals surface area contributed by atoms with E-state index in [2.05, 4.69) is 21.4 Å². The number of rotatable bonds is 5. The van der Waals surface area contributed by atoms with Gasteiger partial charge in [-0.05, 0) is 56.4 Å². The van der Waals surface area contributed by atoms with Crippen LogP contribution in [0.25, 0.3) is 0 Å². The van der Waals surface area contributed by atoms with E-state index in [9.17, 15) is 4.79 Å². The lowest BCUT2D eigenvalue weighted by Crippen LogP contribution is -2.44. The number of aryl methyl sites for hydroxylation is 1. The van der Waals surface area contributed by atoms with Crippen molar-refractivity contribution >= 4 is 11.7 Å². The van der Waals surface area contributed by atoms with Crippen LogP contribution in [0.15, 0.2) is 42.7 Å². The lowest BCUT2D eigenvalue weighted by atomic mass is 9.96. The van der Waals surface area contributed by atoms with Gasteiger partial charge in [-0.15, -0.1) is 0 Å². The van der Waals surface area contributed by atoms with Gasteiger partial charge < -0.3 is 10.2 Å². The highest BCUT2D eigenvalue weighted by Gasteiger charge is 2.27. The predicted octanol–water partition coefficient (Wildman–Crippen LogP) is 3.15. The molecule has 1 N–H and O–H groups in total. The van der Waals surface area contributed by atoms with E-state index in [1.807, 2.05) is 36.2 Å². The maximum absolute atomic E-state index is 12.8. The van der Waals surface area contributed by atoms with Gasteiger partial charge in [0.2, 0.25) is 0 Å². The second-order valence-electron chi connectivity index (χ2n) is 6.19. The number of pyridine rings is 2. The molecular formula is C19H24N4O. The number of piperidine rings is 1. The van der Waals surface area contributed by atoms with Crippen LogP contribution in [0.1, 0.15) is 41.7 Å². The maximum Gasteiger partial charge on any atom is 0.255 e. The zero-order valence-electron chi connectivity index (χ0n) is 14.1. The van der Waals surface area contributed by atoms with Gasteiger partial charge in [0.15, 0.2) is 0 Å². The Morgan fingerprint density at radius 1 is 1.29 bits per heavy atom. The first-order chi connectivity index (χ1) is 11.8. The summed E-state index contributed by atoms with van der Waals surface area (Å²) in [6, 6.07) is 9.98. The van der Waals surface area contributed by atoms with Crippen LogP contribution in [0, 0.1) is 0 Å². The van der Waals surface area contributed by atoms with E-state index >= 15 is 0 Å². The average Bonchev–Trinajstić information content (AvgIpc) is 2.67. The Morgan fingerprint density at radius 3 is 3.00 bits per heavy atom. The summed E-state index contributed by atoms with van der Waals surface area (Å²) in [5.41, 5.74) is 1.75. The molecule has 1 aliphatic heterocycles. The number of hydrogen-bond donors (Lipinski definition) is 1. The van der Waals surface area contributed by atoms with Crippen LogP contribution in [0.2, 0.25) is 0 Å². The van der Waals surface area contributed by atoms with Crippen LogP contribution in [-0.2, 0) is 6.42 Å². The Kier molecular flexibility index (Phi) is 5.41. The molecule has 1 fully saturated rings. The van der Waals surface area contributed by atoms with E-state index in [1.54, 1.807) is 12.4 Å². The van der Waals surface area contributed by atoms with Gasteiger partial charge in [0.25, 0.3) is 5.91 Å². The van der Waals surface area contributed by atoms with E-state index in [1.165, 1.54) is 6.42 Å². The van der Waals surface area contributed by atoms with E-state index in [4.69, 9.17) is 0 Å². The molecule has 0 radical (unpaired) electrons. The number of carbonyl (C=O) groups excluding carboxylic acids is 1. The highest BCUT2D eigenvalue weighted by atomic mass is 16.2. The summed E-state index contributed by atoms with van der Waals surface area (Å²) in [4.78, 5) is 23.5. The number of nitrogens with one attached hydrogen (secondary N) is 1. The number of anilines is 1. The van der Waals surface area contributed by atoms with Gasteiger partial charge in [0, 0.05) is 37.7 Å². The maximum atomic E-state index is 12.8. The van der Waals surface area contributed by atoms with Crippen molar-refractivity contribution in [3.05, 3.63) is 54.0 Å². The molecule has 3 rings (SSSR count). The zero-order valence-corrected chi connectivity index (χ0v) is 14.1. The van der Waals surface area contributed by atoms with Gasteiger partial charge >= 0.3 is 0 Å². The minimum absolute atomic E-state index is 0.102. The Balaban J connectivity index is 1.67. The van der Waals surface area contributed by atoms with Crippen LogP contribution in [0.3, 0.4) is 0 Å². The quantitative estimate of drug-likeness (QED) is 0.918. The van der Waals surface area contributed by atoms with Crippen molar-refractivity contribution in [1.29, 1.82) is 0 Å². The number of carbonyl (C=O) groups is 1. The van der Waals surface area contributed by atoms with Crippen molar-refractivity contribution in [2.24, 2.45) is 0 Å². The number of nitrogens with zero attached hydrogens (tertiary/aromatic N) is 3. The highest BCUT2D eigenvalue weighted by molar-refractivity contribution is 5.94. The van der Waals surface area contributed by atoms with Crippen LogP contribution in [0.4, 0.5) is 5.82 Å². The summed E-state index contributed by atoms with van der Waals surface area (Å²) in [7, 11) is 1.88. The Morgan fingerprint density at radius 2 is 2.21 bits per heavy atom. The van der Waals surface area contributed by atoms with Crippen molar-refractivity contribution in [3.8, 4) is 0 Å². The van der Waals surface area contributed by atoms with E-state index in [0.29, 0.717) is 5.56 Å². The van der Waals surface area contributed by atoms with Gasteiger partial charge in [-0.3, -0.25) is 9.78 Å². The van der Waals surface area contributed by atoms with Crippen molar-refractivity contribution in [3.63, 3.8) is 0 Å². The molecule has 5 heteroatoms. The SMILES string of the molecule is CNc1cccc(CC[C@H]2CCCCN2C(=O)c2cccnc2)n1. The monoisotopic (exact) mass is 324 g/mol. The molecule has 2 aromatic heterocycles. The molecule has 2 aromatic rings. The Hall–Kier alpha value is -2.43. The molecule has 1 amide bonds. The summed E-state index contributed by atoms with van der Waals surface area (Å²) >= 11 is 0. The first-order valence-corrected chi connectivity index (χ1v) is 8.62. The molecule has 0 aromatic carbocycles. The van der Waals surface area contributed by atoms with Crippen LogP contribution >= 0.6 is 0 Å². The summed E-state index contributed by atoms with van der Waals surface area (Å²) in [6.45, 7) is 0.836. The summed E-state index contributed by atoms with van der Waals surface area (Å²) in [5, 5.41) is 3.07. The molecule has 1 saturated heterocycles. The standard InChI is InChI=1S/C19H24N4O/c1-20-18-9-4-7-16(22-18)10-11-17-8-2-3-13-23(17)19(24)15-6-5-12-21-14-15/h4-7,9,12,14,17H,2-3,8,10-11,13H2,1H3,(H,20,22)/t17-/m1/s1. The van der Waals surface area contributed by atoms with Crippen LogP contribution < -0.4 is 5.32 Å². The second kappa shape index (κ2) is 7.90. The molecular weight excluding hydrogens is 300 g/mol. The summed E-state index contributed by atoms with van der Waals surface area (Å²) in [6.07, 6.45) is 8.53. The molecule has 1 atom stereocenters. The molecule has 0 aliphatic carbocycles. The van der Waals surface area contributed by atoms with Crippen molar-refractivity contribution in [2.45, 2.75) is 38.1 Å². The lowest BCUT2D eigenvalue weighted by Gasteiger charge is -2.36. The minimum Gasteiger partial charge on any atom is -0.373 e. The van der Waals surface area contributed by atoms with E-state index in [0.717, 1.165) is 43.7 Å². The number of likely N-dealkylation sites (tertiary alicyclic amines) is 1. The second-order valence-corrected chi connectivity index (χ2v) is 6.19. The normalized spacial score (nSPS) is 17.5. The third kappa shape index (κ3) is 3.91. The fourth-order valence-electron chi connectivity index (χ4n) is 3.30. The first kappa shape index (κ1) is 16.4. The number of amides is 1. The van der Waals surface area contributed by atoms with Crippen molar-refractivity contribution in [1.82, 2.24) is 14.9 Å². The van der Waals surface area contributed by atoms with Gasteiger partial charge in [-0.1, -0.05) is 6.07 Å². The third-order valence-electron chi connectivity index (χ3n) is 4.59. The largest absolute Gasteiger partial charge is 0.373 e. The predicted molar refractivity (Wildman–Crippen MR) is 95.0 cm³/mol. The summed E-state index contributed by atoms with van der Waals surface area (Å²) < 4.78 is 0. The number of hydrogen-bond acceptors (Lipinski definition) is 4. The van der Waals surface area contributed by atoms with Crippen molar-refractivity contribution in [2.75, 3.05) is 18.9 Å². The molecule has 0 saturated carbocycles. The average molecular weight is 324 g/mol. The third-order valence-corrected chi connectivity index (χ3v) is 4.59. The zero-order chi connectivity index (χ0) is 16.8. The highest BCUT2D eigenvalue weighted by Crippen LogP contribution is 2.23.